The number of rotatable bonds is 5. The van der Waals surface area contributed by atoms with Gasteiger partial charge < -0.3 is 10.2 Å². The molecule has 100 valence electrons. The van der Waals surface area contributed by atoms with E-state index in [4.69, 9.17) is 0 Å². The van der Waals surface area contributed by atoms with E-state index in [9.17, 15) is 4.79 Å². The first-order valence-electron chi connectivity index (χ1n) is 6.59. The van der Waals surface area contributed by atoms with Crippen molar-refractivity contribution in [1.29, 1.82) is 0 Å². The first-order valence-corrected chi connectivity index (χ1v) is 7.47. The van der Waals surface area contributed by atoms with Crippen LogP contribution in [0, 0.1) is 6.92 Å². The lowest BCUT2D eigenvalue weighted by molar-refractivity contribution is -0.130. The monoisotopic (exact) mass is 267 g/mol. The Morgan fingerprint density at radius 2 is 2.28 bits per heavy atom. The number of aryl methyl sites for hydroxylation is 1. The predicted octanol–water partition coefficient (Wildman–Crippen LogP) is 2.11. The molecular weight excluding hydrogens is 246 g/mol. The summed E-state index contributed by atoms with van der Waals surface area (Å²) >= 11 is 1.67. The van der Waals surface area contributed by atoms with Crippen LogP contribution in [0.3, 0.4) is 0 Å². The van der Waals surface area contributed by atoms with Crippen molar-refractivity contribution in [3.63, 3.8) is 0 Å². The minimum atomic E-state index is 0.281. The number of amides is 1. The highest BCUT2D eigenvalue weighted by molar-refractivity contribution is 7.09. The lowest BCUT2D eigenvalue weighted by Gasteiger charge is -2.17. The van der Waals surface area contributed by atoms with Crippen LogP contribution in [0.2, 0.25) is 0 Å². The first-order chi connectivity index (χ1) is 8.68. The summed E-state index contributed by atoms with van der Waals surface area (Å²) in [6.07, 6.45) is 2.92. The van der Waals surface area contributed by atoms with Crippen molar-refractivity contribution >= 4 is 17.2 Å². The first kappa shape index (κ1) is 13.5. The van der Waals surface area contributed by atoms with Crippen molar-refractivity contribution in [1.82, 2.24) is 15.2 Å². The number of hydrogen-bond donors (Lipinski definition) is 1. The summed E-state index contributed by atoms with van der Waals surface area (Å²) < 4.78 is 0. The fourth-order valence-corrected chi connectivity index (χ4v) is 3.17. The molecular formula is C13H21N3OS. The molecule has 1 atom stereocenters. The minimum Gasteiger partial charge on any atom is -0.343 e. The molecule has 1 saturated heterocycles. The molecule has 0 aliphatic carbocycles. The van der Waals surface area contributed by atoms with Gasteiger partial charge >= 0.3 is 0 Å². The topological polar surface area (TPSA) is 45.2 Å². The van der Waals surface area contributed by atoms with Crippen molar-refractivity contribution in [2.24, 2.45) is 0 Å². The van der Waals surface area contributed by atoms with Gasteiger partial charge in [0.2, 0.25) is 5.91 Å². The molecule has 0 saturated carbocycles. The molecule has 5 heteroatoms. The van der Waals surface area contributed by atoms with Gasteiger partial charge in [0, 0.05) is 37.0 Å². The Kier molecular flexibility index (Phi) is 4.72. The minimum absolute atomic E-state index is 0.281. The highest BCUT2D eigenvalue weighted by atomic mass is 32.1. The van der Waals surface area contributed by atoms with Gasteiger partial charge in [-0.15, -0.1) is 11.3 Å². The molecule has 18 heavy (non-hydrogen) atoms. The van der Waals surface area contributed by atoms with Crippen LogP contribution in [0.4, 0.5) is 0 Å². The second kappa shape index (κ2) is 6.29. The number of carbonyl (C=O) groups excluding carboxylic acids is 1. The third-order valence-corrected chi connectivity index (χ3v) is 4.54. The predicted molar refractivity (Wildman–Crippen MR) is 73.7 cm³/mol. The van der Waals surface area contributed by atoms with Gasteiger partial charge in [-0.3, -0.25) is 4.79 Å². The van der Waals surface area contributed by atoms with Crippen LogP contribution in [0.15, 0.2) is 5.51 Å². The van der Waals surface area contributed by atoms with E-state index < -0.39 is 0 Å². The molecule has 1 aliphatic rings. The Balaban J connectivity index is 1.72. The Morgan fingerprint density at radius 1 is 1.56 bits per heavy atom. The molecule has 2 rings (SSSR count). The number of hydrogen-bond acceptors (Lipinski definition) is 4. The van der Waals surface area contributed by atoms with Crippen molar-refractivity contribution in [2.75, 3.05) is 19.6 Å². The molecule has 0 bridgehead atoms. The molecule has 1 amide bonds. The van der Waals surface area contributed by atoms with Crippen LogP contribution in [-0.4, -0.2) is 35.4 Å². The van der Waals surface area contributed by atoms with Gasteiger partial charge in [0.25, 0.3) is 0 Å². The maximum Gasteiger partial charge on any atom is 0.223 e. The van der Waals surface area contributed by atoms with Gasteiger partial charge in [-0.1, -0.05) is 0 Å². The highest BCUT2D eigenvalue weighted by Gasteiger charge is 2.17. The van der Waals surface area contributed by atoms with Crippen LogP contribution in [0.25, 0.3) is 0 Å². The number of thiazole rings is 1. The van der Waals surface area contributed by atoms with Crippen molar-refractivity contribution in [3.8, 4) is 0 Å². The number of carbonyl (C=O) groups is 1. The fourth-order valence-electron chi connectivity index (χ4n) is 2.34. The normalized spacial score (nSPS) is 17.1. The molecule has 0 spiro atoms. The van der Waals surface area contributed by atoms with E-state index in [0.717, 1.165) is 38.2 Å². The van der Waals surface area contributed by atoms with Gasteiger partial charge in [0.05, 0.1) is 11.2 Å². The number of aromatic nitrogens is 1. The molecule has 1 unspecified atom stereocenters. The van der Waals surface area contributed by atoms with E-state index in [1.807, 2.05) is 17.3 Å². The van der Waals surface area contributed by atoms with Gasteiger partial charge in [0.15, 0.2) is 0 Å². The quantitative estimate of drug-likeness (QED) is 0.889. The summed E-state index contributed by atoms with van der Waals surface area (Å²) in [6.45, 7) is 6.79. The summed E-state index contributed by atoms with van der Waals surface area (Å²) in [6, 6.07) is 0.281. The molecule has 2 heterocycles. The molecule has 1 aromatic rings. The molecule has 1 aliphatic heterocycles. The van der Waals surface area contributed by atoms with Crippen LogP contribution in [0.1, 0.15) is 42.8 Å². The third-order valence-electron chi connectivity index (χ3n) is 3.42. The lowest BCUT2D eigenvalue weighted by Crippen LogP contribution is -2.31. The average molecular weight is 267 g/mol. The summed E-state index contributed by atoms with van der Waals surface area (Å²) in [7, 11) is 0. The Labute approximate surface area is 112 Å². The fraction of sp³-hybridized carbons (Fsp3) is 0.692. The van der Waals surface area contributed by atoms with Crippen LogP contribution in [0.5, 0.6) is 0 Å². The third kappa shape index (κ3) is 3.29. The van der Waals surface area contributed by atoms with E-state index >= 15 is 0 Å². The second-order valence-electron chi connectivity index (χ2n) is 4.82. The molecule has 1 aromatic heterocycles. The van der Waals surface area contributed by atoms with E-state index in [0.29, 0.717) is 6.42 Å². The molecule has 4 nitrogen and oxygen atoms in total. The molecule has 0 aromatic carbocycles. The summed E-state index contributed by atoms with van der Waals surface area (Å²) in [5.74, 6) is 0.285. The van der Waals surface area contributed by atoms with Gasteiger partial charge in [-0.05, 0) is 26.7 Å². The average Bonchev–Trinajstić information content (AvgIpc) is 2.99. The van der Waals surface area contributed by atoms with E-state index in [2.05, 4.69) is 17.2 Å². The standard InChI is InChI=1S/C13H21N3OS/c1-10(13-11(2)15-9-18-13)14-6-5-12(17)16-7-3-4-8-16/h9-10,14H,3-8H2,1-2H3. The summed E-state index contributed by atoms with van der Waals surface area (Å²) in [5, 5.41) is 3.40. The zero-order valence-corrected chi connectivity index (χ0v) is 11.9. The second-order valence-corrected chi connectivity index (χ2v) is 5.70. The Bertz CT molecular complexity index is 399. The Morgan fingerprint density at radius 3 is 2.89 bits per heavy atom. The van der Waals surface area contributed by atoms with E-state index in [1.54, 1.807) is 11.3 Å². The highest BCUT2D eigenvalue weighted by Crippen LogP contribution is 2.20. The van der Waals surface area contributed by atoms with Gasteiger partial charge in [-0.2, -0.15) is 0 Å². The van der Waals surface area contributed by atoms with Crippen LogP contribution < -0.4 is 5.32 Å². The smallest absolute Gasteiger partial charge is 0.223 e. The van der Waals surface area contributed by atoms with Crippen molar-refractivity contribution in [3.05, 3.63) is 16.1 Å². The van der Waals surface area contributed by atoms with Crippen LogP contribution >= 0.6 is 11.3 Å². The molecule has 0 radical (unpaired) electrons. The largest absolute Gasteiger partial charge is 0.343 e. The van der Waals surface area contributed by atoms with Crippen molar-refractivity contribution < 1.29 is 4.79 Å². The van der Waals surface area contributed by atoms with Crippen LogP contribution in [-0.2, 0) is 4.79 Å². The van der Waals surface area contributed by atoms with Gasteiger partial charge in [0.1, 0.15) is 0 Å². The van der Waals surface area contributed by atoms with E-state index in [-0.39, 0.29) is 11.9 Å². The Hall–Kier alpha value is -0.940. The molecule has 1 fully saturated rings. The lowest BCUT2D eigenvalue weighted by atomic mass is 10.2. The number of likely N-dealkylation sites (tertiary alicyclic amines) is 1. The zero-order valence-electron chi connectivity index (χ0n) is 11.1. The van der Waals surface area contributed by atoms with Gasteiger partial charge in [-0.25, -0.2) is 4.98 Å². The SMILES string of the molecule is Cc1ncsc1C(C)NCCC(=O)N1CCCC1. The number of nitrogens with one attached hydrogen (secondary N) is 1. The summed E-state index contributed by atoms with van der Waals surface area (Å²) in [5.41, 5.74) is 2.96. The molecule has 1 N–H and O–H groups in total. The zero-order chi connectivity index (χ0) is 13.0. The summed E-state index contributed by atoms with van der Waals surface area (Å²) in [4.78, 5) is 19.3. The maximum atomic E-state index is 11.9. The van der Waals surface area contributed by atoms with E-state index in [1.165, 1.54) is 4.88 Å². The number of nitrogens with zero attached hydrogens (tertiary/aromatic N) is 2. The van der Waals surface area contributed by atoms with Crippen molar-refractivity contribution in [2.45, 2.75) is 39.2 Å². The maximum absolute atomic E-state index is 11.9.